The Hall–Kier alpha value is -2.66. The number of carbonyl (C=O) groups is 2. The van der Waals surface area contributed by atoms with E-state index in [0.29, 0.717) is 31.0 Å². The normalized spacial score (nSPS) is 20.4. The van der Waals surface area contributed by atoms with Gasteiger partial charge >= 0.3 is 0 Å². The average Bonchev–Trinajstić information content (AvgIpc) is 2.80. The number of rotatable bonds is 3. The summed E-state index contributed by atoms with van der Waals surface area (Å²) in [6.07, 6.45) is 10.5. The summed E-state index contributed by atoms with van der Waals surface area (Å²) in [7, 11) is 0. The third-order valence-corrected chi connectivity index (χ3v) is 6.63. The Morgan fingerprint density at radius 2 is 1.87 bits per heavy atom. The molecule has 164 valence electrons. The van der Waals surface area contributed by atoms with Crippen LogP contribution in [0.3, 0.4) is 0 Å². The van der Waals surface area contributed by atoms with E-state index in [9.17, 15) is 9.59 Å². The average molecular weight is 420 g/mol. The van der Waals surface area contributed by atoms with Gasteiger partial charge in [-0.15, -0.1) is 0 Å². The Balaban J connectivity index is 1.69. The van der Waals surface area contributed by atoms with Crippen molar-refractivity contribution in [2.75, 3.05) is 31.1 Å². The van der Waals surface area contributed by atoms with Crippen LogP contribution in [-0.2, 0) is 11.2 Å². The van der Waals surface area contributed by atoms with Gasteiger partial charge < -0.3 is 15.5 Å². The lowest BCUT2D eigenvalue weighted by Gasteiger charge is -2.37. The summed E-state index contributed by atoms with van der Waals surface area (Å²) in [4.78, 5) is 28.3. The maximum absolute atomic E-state index is 13.2. The lowest BCUT2D eigenvalue weighted by Crippen LogP contribution is -2.43. The van der Waals surface area contributed by atoms with Crippen LogP contribution in [0.2, 0.25) is 0 Å². The van der Waals surface area contributed by atoms with Gasteiger partial charge in [0.05, 0.1) is 0 Å². The van der Waals surface area contributed by atoms with Crippen molar-refractivity contribution in [2.45, 2.75) is 52.0 Å². The summed E-state index contributed by atoms with van der Waals surface area (Å²) < 4.78 is 0. The number of hydrogen-bond donors (Lipinski definition) is 2. The Labute approximate surface area is 185 Å². The first-order chi connectivity index (χ1) is 15.1. The highest BCUT2D eigenvalue weighted by Gasteiger charge is 2.25. The van der Waals surface area contributed by atoms with Gasteiger partial charge in [0.2, 0.25) is 0 Å². The fraction of sp³-hybridized carbons (Fsp3) is 0.462. The summed E-state index contributed by atoms with van der Waals surface area (Å²) in [6, 6.07) is 6.55. The molecule has 1 aromatic carbocycles. The molecule has 0 atom stereocenters. The van der Waals surface area contributed by atoms with E-state index in [1.807, 2.05) is 19.1 Å². The molecule has 0 saturated carbocycles. The Morgan fingerprint density at radius 1 is 1.10 bits per heavy atom. The largest absolute Gasteiger partial charge is 0.368 e. The van der Waals surface area contributed by atoms with Crippen LogP contribution >= 0.6 is 0 Å². The second kappa shape index (κ2) is 9.65. The molecule has 2 aliphatic heterocycles. The van der Waals surface area contributed by atoms with Crippen molar-refractivity contribution >= 4 is 17.4 Å². The van der Waals surface area contributed by atoms with Gasteiger partial charge in [-0.05, 0) is 75.9 Å². The summed E-state index contributed by atoms with van der Waals surface area (Å²) in [5.74, 6) is 0.0272. The highest BCUT2D eigenvalue weighted by molar-refractivity contribution is 6.02. The first-order valence-electron chi connectivity index (χ1n) is 11.5. The molecule has 1 fully saturated rings. The first kappa shape index (κ1) is 21.6. The molecule has 0 unspecified atom stereocenters. The first-order valence-corrected chi connectivity index (χ1v) is 11.5. The molecule has 0 aromatic heterocycles. The number of fused-ring (bicyclic) bond motifs is 1. The number of piperidine rings is 1. The number of Topliss-reactive ketones (excluding diaryl/α,β-unsaturated/α-hetero) is 1. The van der Waals surface area contributed by atoms with Gasteiger partial charge in [-0.2, -0.15) is 0 Å². The molecular weight excluding hydrogens is 386 g/mol. The number of allylic oxidation sites excluding steroid dienone is 5. The Morgan fingerprint density at radius 3 is 2.65 bits per heavy atom. The minimum absolute atomic E-state index is 0.0977. The molecule has 2 heterocycles. The molecule has 5 heteroatoms. The molecule has 0 spiro atoms. The highest BCUT2D eigenvalue weighted by atomic mass is 16.2. The van der Waals surface area contributed by atoms with E-state index >= 15 is 0 Å². The van der Waals surface area contributed by atoms with Crippen molar-refractivity contribution in [3.05, 3.63) is 64.3 Å². The van der Waals surface area contributed by atoms with Gasteiger partial charge in [-0.3, -0.25) is 9.59 Å². The van der Waals surface area contributed by atoms with Gasteiger partial charge in [0.25, 0.3) is 5.91 Å². The van der Waals surface area contributed by atoms with Gasteiger partial charge in [0, 0.05) is 42.4 Å². The number of amides is 1. The van der Waals surface area contributed by atoms with E-state index in [4.69, 9.17) is 0 Å². The molecule has 0 radical (unpaired) electrons. The van der Waals surface area contributed by atoms with Crippen molar-refractivity contribution in [3.63, 3.8) is 0 Å². The van der Waals surface area contributed by atoms with Gasteiger partial charge in [0.1, 0.15) is 0 Å². The number of ketones is 1. The van der Waals surface area contributed by atoms with E-state index in [0.717, 1.165) is 66.9 Å². The standard InChI is InChI=1S/C26H33N3O2/c1-3-29(20-11-13-27-14-12-20)24-10-6-9-22-21(24)8-5-4-7-19-15-18(2)16-25(30)23(19)17-28-26(22)31/h4-6,9-10,15,20,27H,3,7-8,11-14,16-17H2,1-2H3,(H,28,31). The van der Waals surface area contributed by atoms with Crippen molar-refractivity contribution in [2.24, 2.45) is 0 Å². The van der Waals surface area contributed by atoms with E-state index in [-0.39, 0.29) is 11.7 Å². The number of nitrogens with zero attached hydrogens (tertiary/aromatic N) is 1. The minimum atomic E-state index is -0.0977. The second-order valence-corrected chi connectivity index (χ2v) is 8.73. The summed E-state index contributed by atoms with van der Waals surface area (Å²) in [5, 5.41) is 6.49. The predicted octanol–water partition coefficient (Wildman–Crippen LogP) is 3.71. The fourth-order valence-electron chi connectivity index (χ4n) is 5.06. The van der Waals surface area contributed by atoms with Crippen molar-refractivity contribution in [1.29, 1.82) is 0 Å². The smallest absolute Gasteiger partial charge is 0.251 e. The van der Waals surface area contributed by atoms with Crippen LogP contribution in [0.25, 0.3) is 0 Å². The minimum Gasteiger partial charge on any atom is -0.368 e. The third kappa shape index (κ3) is 4.67. The number of carbonyl (C=O) groups excluding carboxylic acids is 2. The summed E-state index contributed by atoms with van der Waals surface area (Å²) >= 11 is 0. The Bertz CT molecular complexity index is 951. The van der Waals surface area contributed by atoms with Crippen LogP contribution in [0.4, 0.5) is 5.69 Å². The maximum Gasteiger partial charge on any atom is 0.251 e. The van der Waals surface area contributed by atoms with Crippen LogP contribution in [0.15, 0.2) is 53.1 Å². The van der Waals surface area contributed by atoms with Crippen LogP contribution in [0.5, 0.6) is 0 Å². The molecule has 1 amide bonds. The van der Waals surface area contributed by atoms with E-state index in [1.54, 1.807) is 0 Å². The Kier molecular flexibility index (Phi) is 6.71. The van der Waals surface area contributed by atoms with Crippen LogP contribution in [-0.4, -0.2) is 43.9 Å². The van der Waals surface area contributed by atoms with Gasteiger partial charge in [0.15, 0.2) is 5.78 Å². The van der Waals surface area contributed by atoms with E-state index in [1.165, 1.54) is 0 Å². The number of benzene rings is 1. The monoisotopic (exact) mass is 419 g/mol. The van der Waals surface area contributed by atoms with E-state index in [2.05, 4.69) is 46.8 Å². The zero-order chi connectivity index (χ0) is 21.8. The van der Waals surface area contributed by atoms with Crippen LogP contribution in [0.1, 0.15) is 55.5 Å². The van der Waals surface area contributed by atoms with Crippen molar-refractivity contribution < 1.29 is 9.59 Å². The predicted molar refractivity (Wildman–Crippen MR) is 126 cm³/mol. The molecule has 2 N–H and O–H groups in total. The molecule has 0 bridgehead atoms. The zero-order valence-electron chi connectivity index (χ0n) is 18.7. The molecule has 3 aliphatic rings. The molecule has 1 saturated heterocycles. The summed E-state index contributed by atoms with van der Waals surface area (Å²) in [5.41, 5.74) is 5.82. The zero-order valence-corrected chi connectivity index (χ0v) is 18.7. The van der Waals surface area contributed by atoms with Crippen molar-refractivity contribution in [3.8, 4) is 0 Å². The number of hydrogen-bond acceptors (Lipinski definition) is 4. The quantitative estimate of drug-likeness (QED) is 0.733. The molecule has 31 heavy (non-hydrogen) atoms. The van der Waals surface area contributed by atoms with Gasteiger partial charge in [-0.1, -0.05) is 29.9 Å². The molecule has 1 aromatic rings. The third-order valence-electron chi connectivity index (χ3n) is 6.63. The molecule has 4 rings (SSSR count). The van der Waals surface area contributed by atoms with Gasteiger partial charge in [-0.25, -0.2) is 0 Å². The van der Waals surface area contributed by atoms with Crippen molar-refractivity contribution in [1.82, 2.24) is 10.6 Å². The highest BCUT2D eigenvalue weighted by Crippen LogP contribution is 2.30. The molecular formula is C26H33N3O2. The molecule has 1 aliphatic carbocycles. The second-order valence-electron chi connectivity index (χ2n) is 8.73. The number of nitrogens with one attached hydrogen (secondary N) is 2. The van der Waals surface area contributed by atoms with E-state index < -0.39 is 0 Å². The topological polar surface area (TPSA) is 61.4 Å². The lowest BCUT2D eigenvalue weighted by atomic mass is 9.90. The fourth-order valence-corrected chi connectivity index (χ4v) is 5.06. The van der Waals surface area contributed by atoms with Crippen LogP contribution in [0, 0.1) is 0 Å². The maximum atomic E-state index is 13.2. The summed E-state index contributed by atoms with van der Waals surface area (Å²) in [6.45, 7) is 7.47. The van der Waals surface area contributed by atoms with Crippen LogP contribution < -0.4 is 15.5 Å². The molecule has 5 nitrogen and oxygen atoms in total. The number of anilines is 1. The SMILES string of the molecule is CCN(c1cccc2c1CC=CCC1=C(CNC2=O)C(=O)CC(C)=C1)C1CCNCC1. The lowest BCUT2D eigenvalue weighted by molar-refractivity contribution is -0.115.